The SMILES string of the molecule is CC1(C)[C@@H](NS(=O)(=O)Cc2noc3ccccc23)[C@@H]1c1ccccc1. The van der Waals surface area contributed by atoms with Gasteiger partial charge < -0.3 is 4.52 Å². The quantitative estimate of drug-likeness (QED) is 0.760. The first-order valence-corrected chi connectivity index (χ1v) is 9.92. The lowest BCUT2D eigenvalue weighted by Gasteiger charge is -2.06. The number of sulfonamides is 1. The van der Waals surface area contributed by atoms with Crippen LogP contribution in [0.15, 0.2) is 59.1 Å². The molecule has 0 amide bonds. The molecule has 1 aliphatic carbocycles. The van der Waals surface area contributed by atoms with Gasteiger partial charge in [-0.3, -0.25) is 0 Å². The van der Waals surface area contributed by atoms with Gasteiger partial charge in [-0.2, -0.15) is 0 Å². The maximum atomic E-state index is 12.7. The molecule has 1 saturated carbocycles. The molecule has 0 spiro atoms. The molecule has 1 N–H and O–H groups in total. The van der Waals surface area contributed by atoms with E-state index < -0.39 is 10.0 Å². The van der Waals surface area contributed by atoms with Crippen molar-refractivity contribution in [3.8, 4) is 0 Å². The summed E-state index contributed by atoms with van der Waals surface area (Å²) in [6, 6.07) is 17.2. The number of aromatic nitrogens is 1. The van der Waals surface area contributed by atoms with Gasteiger partial charge in [0.2, 0.25) is 10.0 Å². The summed E-state index contributed by atoms with van der Waals surface area (Å²) in [6.07, 6.45) is 0. The maximum absolute atomic E-state index is 12.7. The van der Waals surface area contributed by atoms with Crippen molar-refractivity contribution in [2.75, 3.05) is 0 Å². The molecule has 130 valence electrons. The number of hydrogen-bond acceptors (Lipinski definition) is 4. The lowest BCUT2D eigenvalue weighted by molar-refractivity contribution is 0.448. The lowest BCUT2D eigenvalue weighted by Crippen LogP contribution is -2.30. The summed E-state index contributed by atoms with van der Waals surface area (Å²) in [7, 11) is -3.52. The van der Waals surface area contributed by atoms with Crippen LogP contribution in [0.25, 0.3) is 11.0 Å². The average molecular weight is 356 g/mol. The van der Waals surface area contributed by atoms with Gasteiger partial charge in [0.25, 0.3) is 0 Å². The fourth-order valence-electron chi connectivity index (χ4n) is 3.60. The minimum Gasteiger partial charge on any atom is -0.356 e. The van der Waals surface area contributed by atoms with Crippen molar-refractivity contribution >= 4 is 21.0 Å². The van der Waals surface area contributed by atoms with Crippen LogP contribution >= 0.6 is 0 Å². The van der Waals surface area contributed by atoms with Gasteiger partial charge >= 0.3 is 0 Å². The first-order chi connectivity index (χ1) is 11.9. The van der Waals surface area contributed by atoms with E-state index in [4.69, 9.17) is 4.52 Å². The largest absolute Gasteiger partial charge is 0.356 e. The number of fused-ring (bicyclic) bond motifs is 1. The number of rotatable bonds is 5. The molecule has 0 bridgehead atoms. The number of hydrogen-bond donors (Lipinski definition) is 1. The number of nitrogens with one attached hydrogen (secondary N) is 1. The summed E-state index contributed by atoms with van der Waals surface area (Å²) in [6.45, 7) is 4.17. The normalized spacial score (nSPS) is 22.2. The Morgan fingerprint density at radius 1 is 1.08 bits per heavy atom. The second-order valence-corrected chi connectivity index (χ2v) is 8.94. The maximum Gasteiger partial charge on any atom is 0.217 e. The Morgan fingerprint density at radius 2 is 1.76 bits per heavy atom. The highest BCUT2D eigenvalue weighted by molar-refractivity contribution is 7.88. The number of para-hydroxylation sites is 1. The molecule has 1 aliphatic rings. The van der Waals surface area contributed by atoms with Crippen LogP contribution in [0.2, 0.25) is 0 Å². The summed E-state index contributed by atoms with van der Waals surface area (Å²) in [4.78, 5) is 0. The van der Waals surface area contributed by atoms with E-state index in [1.807, 2.05) is 48.5 Å². The van der Waals surface area contributed by atoms with Gasteiger partial charge in [0.05, 0.1) is 0 Å². The average Bonchev–Trinajstić information content (AvgIpc) is 2.90. The van der Waals surface area contributed by atoms with Crippen molar-refractivity contribution in [2.45, 2.75) is 31.6 Å². The Hall–Kier alpha value is -2.18. The Morgan fingerprint density at radius 3 is 2.52 bits per heavy atom. The Bertz CT molecular complexity index is 1010. The van der Waals surface area contributed by atoms with Crippen LogP contribution in [0.3, 0.4) is 0 Å². The molecule has 0 saturated heterocycles. The van der Waals surface area contributed by atoms with Gasteiger partial charge in [-0.15, -0.1) is 0 Å². The van der Waals surface area contributed by atoms with Crippen LogP contribution in [0, 0.1) is 5.41 Å². The third-order valence-electron chi connectivity index (χ3n) is 5.07. The zero-order valence-electron chi connectivity index (χ0n) is 14.1. The van der Waals surface area contributed by atoms with E-state index in [0.717, 1.165) is 10.9 Å². The molecule has 0 unspecified atom stereocenters. The molecule has 5 nitrogen and oxygen atoms in total. The minimum atomic E-state index is -3.52. The molecule has 25 heavy (non-hydrogen) atoms. The van der Waals surface area contributed by atoms with E-state index in [1.54, 1.807) is 6.07 Å². The van der Waals surface area contributed by atoms with E-state index in [1.165, 1.54) is 0 Å². The predicted octanol–water partition coefficient (Wildman–Crippen LogP) is 3.44. The van der Waals surface area contributed by atoms with Crippen molar-refractivity contribution in [1.82, 2.24) is 9.88 Å². The highest BCUT2D eigenvalue weighted by atomic mass is 32.2. The van der Waals surface area contributed by atoms with Crippen LogP contribution in [-0.2, 0) is 15.8 Å². The van der Waals surface area contributed by atoms with E-state index in [-0.39, 0.29) is 23.1 Å². The van der Waals surface area contributed by atoms with E-state index >= 15 is 0 Å². The molecule has 2 aromatic carbocycles. The van der Waals surface area contributed by atoms with Crippen molar-refractivity contribution in [3.05, 3.63) is 65.9 Å². The highest BCUT2D eigenvalue weighted by Crippen LogP contribution is 2.58. The molecule has 1 heterocycles. The molecular formula is C19H20N2O3S. The fraction of sp³-hybridized carbons (Fsp3) is 0.316. The Kier molecular flexibility index (Phi) is 3.70. The topological polar surface area (TPSA) is 72.2 Å². The number of benzene rings is 2. The minimum absolute atomic E-state index is 0.111. The molecule has 0 aliphatic heterocycles. The standard InChI is InChI=1S/C19H20N2O3S/c1-19(2)17(13-8-4-3-5-9-13)18(19)21-25(22,23)12-15-14-10-6-7-11-16(14)24-20-15/h3-11,17-18,21H,12H2,1-2H3/t17-,18-/m0/s1. The fourth-order valence-corrected chi connectivity index (χ4v) is 5.08. The molecule has 0 radical (unpaired) electrons. The van der Waals surface area contributed by atoms with Gasteiger partial charge in [0, 0.05) is 17.3 Å². The lowest BCUT2D eigenvalue weighted by atomic mass is 10.0. The monoisotopic (exact) mass is 356 g/mol. The second kappa shape index (κ2) is 5.68. The summed E-state index contributed by atoms with van der Waals surface area (Å²) >= 11 is 0. The molecule has 1 aromatic heterocycles. The van der Waals surface area contributed by atoms with Crippen LogP contribution in [0.4, 0.5) is 0 Å². The van der Waals surface area contributed by atoms with Gasteiger partial charge in [-0.1, -0.05) is 61.5 Å². The zero-order valence-corrected chi connectivity index (χ0v) is 15.0. The van der Waals surface area contributed by atoms with E-state index in [0.29, 0.717) is 11.3 Å². The van der Waals surface area contributed by atoms with Crippen LogP contribution in [0.1, 0.15) is 31.0 Å². The first kappa shape index (κ1) is 16.3. The second-order valence-electron chi connectivity index (χ2n) is 7.19. The van der Waals surface area contributed by atoms with Crippen LogP contribution in [0.5, 0.6) is 0 Å². The Balaban J connectivity index is 1.54. The zero-order chi connectivity index (χ0) is 17.7. The summed E-state index contributed by atoms with van der Waals surface area (Å²) in [5.41, 5.74) is 2.09. The Labute approximate surface area is 147 Å². The van der Waals surface area contributed by atoms with E-state index in [9.17, 15) is 8.42 Å². The predicted molar refractivity (Wildman–Crippen MR) is 96.5 cm³/mol. The molecular weight excluding hydrogens is 336 g/mol. The van der Waals surface area contributed by atoms with Crippen LogP contribution in [-0.4, -0.2) is 19.6 Å². The van der Waals surface area contributed by atoms with Crippen molar-refractivity contribution in [2.24, 2.45) is 5.41 Å². The van der Waals surface area contributed by atoms with Gasteiger partial charge in [0.1, 0.15) is 11.4 Å². The van der Waals surface area contributed by atoms with E-state index in [2.05, 4.69) is 23.7 Å². The van der Waals surface area contributed by atoms with Gasteiger partial charge in [-0.25, -0.2) is 13.1 Å². The summed E-state index contributed by atoms with van der Waals surface area (Å²) in [5.74, 6) is -0.00417. The molecule has 3 aromatic rings. The molecule has 1 fully saturated rings. The van der Waals surface area contributed by atoms with Crippen molar-refractivity contribution in [1.29, 1.82) is 0 Å². The third kappa shape index (κ3) is 2.96. The van der Waals surface area contributed by atoms with Crippen molar-refractivity contribution < 1.29 is 12.9 Å². The third-order valence-corrected chi connectivity index (χ3v) is 6.34. The first-order valence-electron chi connectivity index (χ1n) is 8.27. The summed E-state index contributed by atoms with van der Waals surface area (Å²) in [5, 5.41) is 4.67. The highest BCUT2D eigenvalue weighted by Gasteiger charge is 2.59. The van der Waals surface area contributed by atoms with Crippen LogP contribution < -0.4 is 4.72 Å². The molecule has 6 heteroatoms. The van der Waals surface area contributed by atoms with Gasteiger partial charge in [0.15, 0.2) is 5.58 Å². The molecule has 4 rings (SSSR count). The number of nitrogens with zero attached hydrogens (tertiary/aromatic N) is 1. The van der Waals surface area contributed by atoms with Gasteiger partial charge in [-0.05, 0) is 23.1 Å². The van der Waals surface area contributed by atoms with Crippen molar-refractivity contribution in [3.63, 3.8) is 0 Å². The molecule has 2 atom stereocenters. The smallest absolute Gasteiger partial charge is 0.217 e. The summed E-state index contributed by atoms with van der Waals surface area (Å²) < 4.78 is 33.4.